The van der Waals surface area contributed by atoms with Crippen LogP contribution in [0.1, 0.15) is 20.8 Å². The SMILES string of the molecule is C=C(O)Cn1ccc2cc(Nc3cnccn3)nc(NC(C)(C)C)c2c1=O. The van der Waals surface area contributed by atoms with Gasteiger partial charge >= 0.3 is 0 Å². The van der Waals surface area contributed by atoms with Gasteiger partial charge in [-0.2, -0.15) is 0 Å². The molecule has 27 heavy (non-hydrogen) atoms. The summed E-state index contributed by atoms with van der Waals surface area (Å²) in [5.41, 5.74) is -0.563. The quantitative estimate of drug-likeness (QED) is 0.595. The second-order valence-electron chi connectivity index (χ2n) is 7.23. The fraction of sp³-hybridized carbons (Fsp3) is 0.263. The van der Waals surface area contributed by atoms with E-state index in [1.807, 2.05) is 20.8 Å². The molecule has 0 amide bonds. The summed E-state index contributed by atoms with van der Waals surface area (Å²) >= 11 is 0. The number of allylic oxidation sites excluding steroid dienone is 1. The summed E-state index contributed by atoms with van der Waals surface area (Å²) < 4.78 is 1.40. The van der Waals surface area contributed by atoms with Crippen LogP contribution in [0, 0.1) is 0 Å². The molecule has 0 aliphatic heterocycles. The van der Waals surface area contributed by atoms with Crippen molar-refractivity contribution in [3.8, 4) is 0 Å². The average molecular weight is 366 g/mol. The number of fused-ring (bicyclic) bond motifs is 1. The van der Waals surface area contributed by atoms with Crippen LogP contribution >= 0.6 is 0 Å². The van der Waals surface area contributed by atoms with Gasteiger partial charge in [-0.25, -0.2) is 9.97 Å². The molecule has 0 radical (unpaired) electrons. The number of rotatable bonds is 5. The standard InChI is InChI=1S/C19H22N6O2/c1-12(26)11-25-8-5-13-9-14(22-15-10-20-6-7-21-15)23-17(16(13)18(25)27)24-19(2,3)4/h5-10,26H,1,11H2,2-4H3,(H2,21,22,23,24). The zero-order chi connectivity index (χ0) is 19.6. The topological polar surface area (TPSA) is 105 Å². The summed E-state index contributed by atoms with van der Waals surface area (Å²) in [6, 6.07) is 3.58. The molecule has 140 valence electrons. The van der Waals surface area contributed by atoms with E-state index >= 15 is 0 Å². The molecule has 0 saturated heterocycles. The Labute approximate surface area is 156 Å². The molecular weight excluding hydrogens is 344 g/mol. The highest BCUT2D eigenvalue weighted by Gasteiger charge is 2.17. The monoisotopic (exact) mass is 366 g/mol. The van der Waals surface area contributed by atoms with Crippen LogP contribution in [0.25, 0.3) is 10.8 Å². The molecule has 0 aliphatic carbocycles. The first-order valence-corrected chi connectivity index (χ1v) is 8.45. The molecule has 0 fully saturated rings. The van der Waals surface area contributed by atoms with Gasteiger partial charge in [0.1, 0.15) is 23.2 Å². The lowest BCUT2D eigenvalue weighted by molar-refractivity contribution is 0.377. The maximum absolute atomic E-state index is 12.9. The van der Waals surface area contributed by atoms with Gasteiger partial charge in [0.2, 0.25) is 0 Å². The number of anilines is 3. The minimum atomic E-state index is -0.307. The van der Waals surface area contributed by atoms with Crippen LogP contribution in [0.2, 0.25) is 0 Å². The first-order chi connectivity index (χ1) is 12.7. The molecule has 3 aromatic rings. The molecule has 3 aromatic heterocycles. The van der Waals surface area contributed by atoms with Gasteiger partial charge < -0.3 is 20.3 Å². The lowest BCUT2D eigenvalue weighted by Gasteiger charge is -2.23. The lowest BCUT2D eigenvalue weighted by Crippen LogP contribution is -2.29. The number of hydrogen-bond donors (Lipinski definition) is 3. The highest BCUT2D eigenvalue weighted by Crippen LogP contribution is 2.25. The molecule has 0 atom stereocenters. The van der Waals surface area contributed by atoms with Crippen molar-refractivity contribution < 1.29 is 5.11 Å². The van der Waals surface area contributed by atoms with Crippen molar-refractivity contribution in [1.82, 2.24) is 19.5 Å². The van der Waals surface area contributed by atoms with Crippen LogP contribution in [0.3, 0.4) is 0 Å². The Balaban J connectivity index is 2.16. The highest BCUT2D eigenvalue weighted by molar-refractivity contribution is 5.93. The van der Waals surface area contributed by atoms with Crippen molar-refractivity contribution in [2.75, 3.05) is 10.6 Å². The van der Waals surface area contributed by atoms with Crippen molar-refractivity contribution in [3.63, 3.8) is 0 Å². The molecule has 3 rings (SSSR count). The Kier molecular flexibility index (Phi) is 4.81. The van der Waals surface area contributed by atoms with E-state index in [4.69, 9.17) is 0 Å². The lowest BCUT2D eigenvalue weighted by atomic mass is 10.1. The van der Waals surface area contributed by atoms with Crippen molar-refractivity contribution in [2.45, 2.75) is 32.9 Å². The van der Waals surface area contributed by atoms with Gasteiger partial charge in [0, 0.05) is 24.1 Å². The number of nitrogens with one attached hydrogen (secondary N) is 2. The van der Waals surface area contributed by atoms with Gasteiger partial charge in [0.15, 0.2) is 0 Å². The van der Waals surface area contributed by atoms with Gasteiger partial charge in [0.05, 0.1) is 18.1 Å². The molecule has 0 unspecified atom stereocenters. The Morgan fingerprint density at radius 3 is 2.70 bits per heavy atom. The number of aliphatic hydroxyl groups excluding tert-OH is 1. The summed E-state index contributed by atoms with van der Waals surface area (Å²) in [6.07, 6.45) is 6.38. The Morgan fingerprint density at radius 2 is 2.07 bits per heavy atom. The zero-order valence-corrected chi connectivity index (χ0v) is 15.5. The van der Waals surface area contributed by atoms with Gasteiger partial charge in [-0.15, -0.1) is 0 Å². The second-order valence-corrected chi connectivity index (χ2v) is 7.23. The third kappa shape index (κ3) is 4.41. The molecule has 3 heterocycles. The largest absolute Gasteiger partial charge is 0.511 e. The molecule has 0 aromatic carbocycles. The van der Waals surface area contributed by atoms with E-state index in [2.05, 4.69) is 32.2 Å². The molecule has 8 nitrogen and oxygen atoms in total. The smallest absolute Gasteiger partial charge is 0.262 e. The van der Waals surface area contributed by atoms with E-state index in [0.29, 0.717) is 28.2 Å². The van der Waals surface area contributed by atoms with Crippen molar-refractivity contribution in [3.05, 3.63) is 59.6 Å². The number of pyridine rings is 2. The molecule has 0 spiro atoms. The van der Waals surface area contributed by atoms with Crippen LogP contribution in [0.15, 0.2) is 54.1 Å². The fourth-order valence-corrected chi connectivity index (χ4v) is 2.63. The minimum Gasteiger partial charge on any atom is -0.511 e. The van der Waals surface area contributed by atoms with E-state index < -0.39 is 0 Å². The number of nitrogens with zero attached hydrogens (tertiary/aromatic N) is 4. The van der Waals surface area contributed by atoms with E-state index in [0.717, 1.165) is 0 Å². The minimum absolute atomic E-state index is 0.0311. The number of aromatic nitrogens is 4. The molecule has 0 bridgehead atoms. The van der Waals surface area contributed by atoms with Crippen LogP contribution < -0.4 is 16.2 Å². The Hall–Kier alpha value is -3.42. The summed E-state index contributed by atoms with van der Waals surface area (Å²) in [7, 11) is 0. The van der Waals surface area contributed by atoms with E-state index in [-0.39, 0.29) is 23.4 Å². The van der Waals surface area contributed by atoms with Gasteiger partial charge in [-0.3, -0.25) is 9.78 Å². The summed E-state index contributed by atoms with van der Waals surface area (Å²) in [5.74, 6) is 1.46. The van der Waals surface area contributed by atoms with Crippen LogP contribution in [-0.4, -0.2) is 30.2 Å². The third-order valence-corrected chi connectivity index (χ3v) is 3.62. The van der Waals surface area contributed by atoms with E-state index in [1.54, 1.807) is 36.9 Å². The maximum atomic E-state index is 12.9. The predicted molar refractivity (Wildman–Crippen MR) is 106 cm³/mol. The molecule has 3 N–H and O–H groups in total. The van der Waals surface area contributed by atoms with Crippen LogP contribution in [0.4, 0.5) is 17.5 Å². The summed E-state index contributed by atoms with van der Waals surface area (Å²) in [6.45, 7) is 9.45. The van der Waals surface area contributed by atoms with Gasteiger partial charge in [-0.05, 0) is 38.3 Å². The molecule has 0 aliphatic rings. The second kappa shape index (κ2) is 7.06. The Morgan fingerprint density at radius 1 is 1.30 bits per heavy atom. The molecule has 0 saturated carbocycles. The summed E-state index contributed by atoms with van der Waals surface area (Å²) in [4.78, 5) is 25.7. The fourth-order valence-electron chi connectivity index (χ4n) is 2.63. The normalized spacial score (nSPS) is 11.4. The number of aliphatic hydroxyl groups is 1. The molecular formula is C19H22N6O2. The van der Waals surface area contributed by atoms with E-state index in [1.165, 1.54) is 4.57 Å². The first-order valence-electron chi connectivity index (χ1n) is 8.45. The van der Waals surface area contributed by atoms with Crippen molar-refractivity contribution in [1.29, 1.82) is 0 Å². The Bertz CT molecular complexity index is 1040. The van der Waals surface area contributed by atoms with Crippen LogP contribution in [0.5, 0.6) is 0 Å². The van der Waals surface area contributed by atoms with Crippen molar-refractivity contribution in [2.24, 2.45) is 0 Å². The van der Waals surface area contributed by atoms with Gasteiger partial charge in [-0.1, -0.05) is 6.58 Å². The summed E-state index contributed by atoms with van der Waals surface area (Å²) in [5, 5.41) is 17.0. The average Bonchev–Trinajstić information content (AvgIpc) is 2.56. The zero-order valence-electron chi connectivity index (χ0n) is 15.5. The number of hydrogen-bond acceptors (Lipinski definition) is 7. The van der Waals surface area contributed by atoms with Crippen molar-refractivity contribution >= 4 is 28.2 Å². The maximum Gasteiger partial charge on any atom is 0.262 e. The van der Waals surface area contributed by atoms with Gasteiger partial charge in [0.25, 0.3) is 5.56 Å². The predicted octanol–water partition coefficient (Wildman–Crippen LogP) is 3.21. The third-order valence-electron chi connectivity index (χ3n) is 3.62. The van der Waals surface area contributed by atoms with E-state index in [9.17, 15) is 9.90 Å². The molecule has 8 heteroatoms. The highest BCUT2D eigenvalue weighted by atomic mass is 16.3. The first kappa shape index (κ1) is 18.4. The van der Waals surface area contributed by atoms with Crippen LogP contribution in [-0.2, 0) is 6.54 Å².